The predicted molar refractivity (Wildman–Crippen MR) is 71.2 cm³/mol. The summed E-state index contributed by atoms with van der Waals surface area (Å²) < 4.78 is 6.46. The lowest BCUT2D eigenvalue weighted by atomic mass is 10.1. The first kappa shape index (κ1) is 12.2. The van der Waals surface area contributed by atoms with Crippen LogP contribution in [-0.2, 0) is 4.74 Å². The van der Waals surface area contributed by atoms with E-state index in [9.17, 15) is 0 Å². The number of halogens is 2. The van der Waals surface area contributed by atoms with E-state index < -0.39 is 0 Å². The molecule has 0 aliphatic carbocycles. The van der Waals surface area contributed by atoms with Crippen molar-refractivity contribution in [3.8, 4) is 0 Å². The molecule has 0 aromatic heterocycles. The molecule has 0 amide bonds. The summed E-state index contributed by atoms with van der Waals surface area (Å²) in [5.41, 5.74) is 1.11. The first-order valence-corrected chi connectivity index (χ1v) is 6.72. The smallest absolute Gasteiger partial charge is 0.0487 e. The van der Waals surface area contributed by atoms with E-state index in [0.29, 0.717) is 6.04 Å². The van der Waals surface area contributed by atoms with E-state index in [1.165, 1.54) is 0 Å². The number of benzene rings is 1. The topological polar surface area (TPSA) is 21.3 Å². The Morgan fingerprint density at radius 3 is 3.00 bits per heavy atom. The minimum absolute atomic E-state index is 0.500. The third-order valence-electron chi connectivity index (χ3n) is 2.74. The lowest BCUT2D eigenvalue weighted by Crippen LogP contribution is -2.19. The quantitative estimate of drug-likeness (QED) is 0.889. The Kier molecular flexibility index (Phi) is 4.50. The molecule has 2 rings (SSSR count). The third-order valence-corrected chi connectivity index (χ3v) is 3.63. The molecule has 1 atom stereocenters. The summed E-state index contributed by atoms with van der Waals surface area (Å²) in [6.45, 7) is 1.74. The van der Waals surface area contributed by atoms with E-state index >= 15 is 0 Å². The van der Waals surface area contributed by atoms with Crippen LogP contribution in [0.4, 0.5) is 5.69 Å². The van der Waals surface area contributed by atoms with Crippen LogP contribution in [0, 0.1) is 0 Å². The van der Waals surface area contributed by atoms with Gasteiger partial charge in [-0.3, -0.25) is 0 Å². The van der Waals surface area contributed by atoms with Gasteiger partial charge in [-0.1, -0.05) is 11.6 Å². The molecule has 1 heterocycles. The Balaban J connectivity index is 2.01. The SMILES string of the molecule is Clc1ccc(NC2CCCOCC2)c(Br)c1. The minimum atomic E-state index is 0.500. The van der Waals surface area contributed by atoms with Crippen molar-refractivity contribution in [2.24, 2.45) is 0 Å². The highest BCUT2D eigenvalue weighted by Crippen LogP contribution is 2.27. The zero-order chi connectivity index (χ0) is 11.4. The normalized spacial score (nSPS) is 21.5. The van der Waals surface area contributed by atoms with Gasteiger partial charge in [-0.05, 0) is 53.4 Å². The molecule has 1 fully saturated rings. The maximum atomic E-state index is 5.91. The molecule has 1 aromatic carbocycles. The van der Waals surface area contributed by atoms with Crippen molar-refractivity contribution >= 4 is 33.2 Å². The van der Waals surface area contributed by atoms with E-state index in [1.807, 2.05) is 18.2 Å². The number of hydrogen-bond acceptors (Lipinski definition) is 2. The Labute approximate surface area is 109 Å². The van der Waals surface area contributed by atoms with Gasteiger partial charge in [0.05, 0.1) is 0 Å². The maximum absolute atomic E-state index is 5.91. The number of ether oxygens (including phenoxy) is 1. The van der Waals surface area contributed by atoms with Crippen LogP contribution in [-0.4, -0.2) is 19.3 Å². The molecule has 0 radical (unpaired) electrons. The molecule has 88 valence electrons. The van der Waals surface area contributed by atoms with Gasteiger partial charge in [-0.2, -0.15) is 0 Å². The van der Waals surface area contributed by atoms with Gasteiger partial charge >= 0.3 is 0 Å². The van der Waals surface area contributed by atoms with Crippen molar-refractivity contribution in [3.63, 3.8) is 0 Å². The van der Waals surface area contributed by atoms with Gasteiger partial charge in [0.1, 0.15) is 0 Å². The molecule has 0 spiro atoms. The summed E-state index contributed by atoms with van der Waals surface area (Å²) in [5, 5.41) is 4.28. The van der Waals surface area contributed by atoms with Gasteiger partial charge in [0, 0.05) is 34.4 Å². The summed E-state index contributed by atoms with van der Waals surface area (Å²) in [6, 6.07) is 6.33. The standard InChI is InChI=1S/C12H15BrClNO/c13-11-8-9(14)3-4-12(11)15-10-2-1-6-16-7-5-10/h3-4,8,10,15H,1-2,5-7H2. The average molecular weight is 305 g/mol. The van der Waals surface area contributed by atoms with E-state index in [2.05, 4.69) is 21.2 Å². The Morgan fingerprint density at radius 2 is 2.19 bits per heavy atom. The van der Waals surface area contributed by atoms with E-state index in [1.54, 1.807) is 0 Å². The zero-order valence-corrected chi connectivity index (χ0v) is 11.4. The average Bonchev–Trinajstić information content (AvgIpc) is 2.51. The van der Waals surface area contributed by atoms with Crippen LogP contribution in [0.3, 0.4) is 0 Å². The predicted octanol–water partition coefficient (Wildman–Crippen LogP) is 4.08. The second-order valence-corrected chi connectivity index (χ2v) is 5.30. The van der Waals surface area contributed by atoms with Crippen LogP contribution < -0.4 is 5.32 Å². The van der Waals surface area contributed by atoms with Crippen molar-refractivity contribution in [1.29, 1.82) is 0 Å². The highest BCUT2D eigenvalue weighted by Gasteiger charge is 2.13. The number of anilines is 1. The van der Waals surface area contributed by atoms with Crippen LogP contribution in [0.1, 0.15) is 19.3 Å². The molecule has 2 nitrogen and oxygen atoms in total. The first-order chi connectivity index (χ1) is 7.75. The van der Waals surface area contributed by atoms with E-state index in [-0.39, 0.29) is 0 Å². The van der Waals surface area contributed by atoms with Gasteiger partial charge in [0.2, 0.25) is 0 Å². The number of hydrogen-bond donors (Lipinski definition) is 1. The van der Waals surface area contributed by atoms with Crippen LogP contribution in [0.5, 0.6) is 0 Å². The molecule has 1 aliphatic heterocycles. The number of rotatable bonds is 2. The molecule has 4 heteroatoms. The molecule has 0 saturated carbocycles. The molecule has 0 bridgehead atoms. The maximum Gasteiger partial charge on any atom is 0.0487 e. The molecular formula is C12H15BrClNO. The van der Waals surface area contributed by atoms with Gasteiger partial charge in [0.25, 0.3) is 0 Å². The van der Waals surface area contributed by atoms with Crippen molar-refractivity contribution in [2.75, 3.05) is 18.5 Å². The molecule has 1 unspecified atom stereocenters. The Morgan fingerprint density at radius 1 is 1.31 bits per heavy atom. The van der Waals surface area contributed by atoms with Crippen LogP contribution in [0.25, 0.3) is 0 Å². The molecule has 16 heavy (non-hydrogen) atoms. The van der Waals surface area contributed by atoms with Crippen molar-refractivity contribution in [2.45, 2.75) is 25.3 Å². The first-order valence-electron chi connectivity index (χ1n) is 5.55. The molecular weight excluding hydrogens is 289 g/mol. The molecule has 1 N–H and O–H groups in total. The van der Waals surface area contributed by atoms with Crippen LogP contribution in [0.2, 0.25) is 5.02 Å². The Bertz CT molecular complexity index is 351. The summed E-state index contributed by atoms with van der Waals surface area (Å²) in [5.74, 6) is 0. The van der Waals surface area contributed by atoms with Crippen molar-refractivity contribution < 1.29 is 4.74 Å². The minimum Gasteiger partial charge on any atom is -0.381 e. The fourth-order valence-electron chi connectivity index (χ4n) is 1.87. The summed E-state index contributed by atoms with van der Waals surface area (Å²) in [6.07, 6.45) is 3.35. The lowest BCUT2D eigenvalue weighted by Gasteiger charge is -2.18. The molecule has 1 aromatic rings. The second kappa shape index (κ2) is 5.89. The third kappa shape index (κ3) is 3.37. The number of nitrogens with one attached hydrogen (secondary N) is 1. The van der Waals surface area contributed by atoms with Crippen molar-refractivity contribution in [1.82, 2.24) is 0 Å². The van der Waals surface area contributed by atoms with Crippen LogP contribution >= 0.6 is 27.5 Å². The van der Waals surface area contributed by atoms with E-state index in [0.717, 1.165) is 47.7 Å². The Hall–Kier alpha value is -0.250. The van der Waals surface area contributed by atoms with Gasteiger partial charge in [-0.15, -0.1) is 0 Å². The second-order valence-electron chi connectivity index (χ2n) is 4.01. The van der Waals surface area contributed by atoms with Crippen LogP contribution in [0.15, 0.2) is 22.7 Å². The molecule has 1 saturated heterocycles. The highest BCUT2D eigenvalue weighted by atomic mass is 79.9. The lowest BCUT2D eigenvalue weighted by molar-refractivity contribution is 0.144. The monoisotopic (exact) mass is 303 g/mol. The molecule has 1 aliphatic rings. The summed E-state index contributed by atoms with van der Waals surface area (Å²) in [7, 11) is 0. The fourth-order valence-corrected chi connectivity index (χ4v) is 2.67. The highest BCUT2D eigenvalue weighted by molar-refractivity contribution is 9.10. The van der Waals surface area contributed by atoms with Gasteiger partial charge < -0.3 is 10.1 Å². The fraction of sp³-hybridized carbons (Fsp3) is 0.500. The van der Waals surface area contributed by atoms with Crippen molar-refractivity contribution in [3.05, 3.63) is 27.7 Å². The van der Waals surface area contributed by atoms with E-state index in [4.69, 9.17) is 16.3 Å². The largest absolute Gasteiger partial charge is 0.381 e. The summed E-state index contributed by atoms with van der Waals surface area (Å²) in [4.78, 5) is 0. The van der Waals surface area contributed by atoms with Gasteiger partial charge in [0.15, 0.2) is 0 Å². The summed E-state index contributed by atoms with van der Waals surface area (Å²) >= 11 is 9.42. The van der Waals surface area contributed by atoms with Gasteiger partial charge in [-0.25, -0.2) is 0 Å². The zero-order valence-electron chi connectivity index (χ0n) is 9.01.